The van der Waals surface area contributed by atoms with Crippen LogP contribution in [0.1, 0.15) is 11.1 Å². The summed E-state index contributed by atoms with van der Waals surface area (Å²) in [5, 5.41) is 12.5. The van der Waals surface area contributed by atoms with Gasteiger partial charge >= 0.3 is 0 Å². The molecule has 0 heterocycles. The Labute approximate surface area is 134 Å². The Morgan fingerprint density at radius 2 is 2.00 bits per heavy atom. The Kier molecular flexibility index (Phi) is 6.11. The quantitative estimate of drug-likeness (QED) is 0.823. The van der Waals surface area contributed by atoms with Crippen molar-refractivity contribution in [1.29, 1.82) is 0 Å². The molecule has 2 rings (SSSR count). The van der Waals surface area contributed by atoms with E-state index in [1.165, 1.54) is 12.1 Å². The normalized spacial score (nSPS) is 11.8. The first-order valence-corrected chi connectivity index (χ1v) is 7.41. The van der Waals surface area contributed by atoms with Crippen LogP contribution in [0.15, 0.2) is 48.5 Å². The summed E-state index contributed by atoms with van der Waals surface area (Å²) in [5.41, 5.74) is 1.79. The van der Waals surface area contributed by atoms with Gasteiger partial charge < -0.3 is 15.2 Å². The van der Waals surface area contributed by atoms with Gasteiger partial charge in [-0.25, -0.2) is 4.39 Å². The van der Waals surface area contributed by atoms with Gasteiger partial charge in [-0.05, 0) is 42.3 Å². The smallest absolute Gasteiger partial charge is 0.224 e. The SMILES string of the molecule is Cc1cccc(OCC(O)CNC(=O)Cc2ccc(F)cc2)c1. The van der Waals surface area contributed by atoms with Gasteiger partial charge in [-0.1, -0.05) is 24.3 Å². The van der Waals surface area contributed by atoms with E-state index >= 15 is 0 Å². The predicted octanol–water partition coefficient (Wildman–Crippen LogP) is 2.23. The van der Waals surface area contributed by atoms with Gasteiger partial charge in [0, 0.05) is 6.54 Å². The number of halogens is 1. The molecule has 23 heavy (non-hydrogen) atoms. The second-order valence-corrected chi connectivity index (χ2v) is 5.39. The van der Waals surface area contributed by atoms with Gasteiger partial charge in [0.15, 0.2) is 0 Å². The number of aryl methyl sites for hydroxylation is 1. The van der Waals surface area contributed by atoms with E-state index in [0.717, 1.165) is 11.1 Å². The van der Waals surface area contributed by atoms with E-state index in [0.29, 0.717) is 5.75 Å². The molecule has 0 aliphatic carbocycles. The summed E-state index contributed by atoms with van der Waals surface area (Å²) in [4.78, 5) is 11.8. The third-order valence-electron chi connectivity index (χ3n) is 3.24. The topological polar surface area (TPSA) is 58.6 Å². The summed E-state index contributed by atoms with van der Waals surface area (Å²) in [6.07, 6.45) is -0.654. The number of ether oxygens (including phenoxy) is 1. The number of aliphatic hydroxyl groups excluding tert-OH is 1. The molecule has 0 aliphatic heterocycles. The van der Waals surface area contributed by atoms with E-state index in [4.69, 9.17) is 4.74 Å². The summed E-state index contributed by atoms with van der Waals surface area (Å²) in [5.74, 6) is 0.116. The fourth-order valence-electron chi connectivity index (χ4n) is 2.04. The molecule has 122 valence electrons. The van der Waals surface area contributed by atoms with Crippen molar-refractivity contribution in [3.8, 4) is 5.75 Å². The highest BCUT2D eigenvalue weighted by Crippen LogP contribution is 2.12. The summed E-state index contributed by atoms with van der Waals surface area (Å²) in [6, 6.07) is 13.3. The zero-order valence-corrected chi connectivity index (χ0v) is 13.0. The summed E-state index contributed by atoms with van der Waals surface area (Å²) in [6.45, 7) is 2.16. The van der Waals surface area contributed by atoms with Crippen LogP contribution in [-0.4, -0.2) is 30.3 Å². The van der Waals surface area contributed by atoms with Gasteiger partial charge in [0.1, 0.15) is 24.3 Å². The molecule has 0 aromatic heterocycles. The molecule has 2 aromatic rings. The van der Waals surface area contributed by atoms with Gasteiger partial charge in [-0.3, -0.25) is 4.79 Å². The molecule has 1 amide bonds. The van der Waals surface area contributed by atoms with E-state index in [-0.39, 0.29) is 31.3 Å². The average Bonchev–Trinajstić information content (AvgIpc) is 2.53. The molecule has 0 saturated carbocycles. The molecule has 1 atom stereocenters. The van der Waals surface area contributed by atoms with Crippen LogP contribution in [0.3, 0.4) is 0 Å². The highest BCUT2D eigenvalue weighted by atomic mass is 19.1. The molecule has 0 fully saturated rings. The summed E-state index contributed by atoms with van der Waals surface area (Å²) in [7, 11) is 0. The van der Waals surface area contributed by atoms with Crippen molar-refractivity contribution in [2.45, 2.75) is 19.4 Å². The maximum Gasteiger partial charge on any atom is 0.224 e. The predicted molar refractivity (Wildman–Crippen MR) is 85.8 cm³/mol. The number of benzene rings is 2. The minimum Gasteiger partial charge on any atom is -0.491 e. The van der Waals surface area contributed by atoms with Crippen molar-refractivity contribution in [3.05, 3.63) is 65.5 Å². The van der Waals surface area contributed by atoms with Crippen LogP contribution in [0, 0.1) is 12.7 Å². The number of carbonyl (C=O) groups excluding carboxylic acids is 1. The van der Waals surface area contributed by atoms with Gasteiger partial charge in [0.2, 0.25) is 5.91 Å². The molecule has 0 aliphatic rings. The third kappa shape index (κ3) is 6.08. The fourth-order valence-corrected chi connectivity index (χ4v) is 2.04. The van der Waals surface area contributed by atoms with E-state index in [1.54, 1.807) is 12.1 Å². The van der Waals surface area contributed by atoms with Crippen molar-refractivity contribution in [2.24, 2.45) is 0 Å². The van der Waals surface area contributed by atoms with Crippen LogP contribution < -0.4 is 10.1 Å². The molecule has 4 nitrogen and oxygen atoms in total. The van der Waals surface area contributed by atoms with E-state index in [1.807, 2.05) is 31.2 Å². The van der Waals surface area contributed by atoms with E-state index < -0.39 is 6.10 Å². The standard InChI is InChI=1S/C18H20FNO3/c1-13-3-2-4-17(9-13)23-12-16(21)11-20-18(22)10-14-5-7-15(19)8-6-14/h2-9,16,21H,10-12H2,1H3,(H,20,22). The molecule has 2 N–H and O–H groups in total. The number of rotatable bonds is 7. The minimum absolute atomic E-state index is 0.0975. The molecule has 0 bridgehead atoms. The number of aliphatic hydroxyl groups is 1. The Morgan fingerprint density at radius 1 is 1.26 bits per heavy atom. The third-order valence-corrected chi connectivity index (χ3v) is 3.24. The summed E-state index contributed by atoms with van der Waals surface area (Å²) < 4.78 is 18.2. The van der Waals surface area contributed by atoms with Crippen LogP contribution in [-0.2, 0) is 11.2 Å². The van der Waals surface area contributed by atoms with Gasteiger partial charge in [0.05, 0.1) is 6.42 Å². The molecule has 1 unspecified atom stereocenters. The lowest BCUT2D eigenvalue weighted by molar-refractivity contribution is -0.121. The van der Waals surface area contributed by atoms with Crippen LogP contribution in [0.2, 0.25) is 0 Å². The first-order valence-electron chi connectivity index (χ1n) is 7.41. The van der Waals surface area contributed by atoms with Crippen LogP contribution in [0.5, 0.6) is 5.75 Å². The highest BCUT2D eigenvalue weighted by molar-refractivity contribution is 5.78. The molecular formula is C18H20FNO3. The lowest BCUT2D eigenvalue weighted by atomic mass is 10.1. The van der Waals surface area contributed by atoms with Crippen molar-refractivity contribution < 1.29 is 19.0 Å². The number of carbonyl (C=O) groups is 1. The second-order valence-electron chi connectivity index (χ2n) is 5.39. The van der Waals surface area contributed by atoms with E-state index in [2.05, 4.69) is 5.32 Å². The Morgan fingerprint density at radius 3 is 2.70 bits per heavy atom. The summed E-state index contributed by atoms with van der Waals surface area (Å²) >= 11 is 0. The Bertz CT molecular complexity index is 643. The number of hydrogen-bond acceptors (Lipinski definition) is 3. The van der Waals surface area contributed by atoms with Gasteiger partial charge in [0.25, 0.3) is 0 Å². The maximum atomic E-state index is 12.8. The lowest BCUT2D eigenvalue weighted by Crippen LogP contribution is -2.36. The number of nitrogens with one attached hydrogen (secondary N) is 1. The monoisotopic (exact) mass is 317 g/mol. The van der Waals surface area contributed by atoms with E-state index in [9.17, 15) is 14.3 Å². The zero-order chi connectivity index (χ0) is 16.7. The molecule has 0 spiro atoms. The van der Waals surface area contributed by atoms with Gasteiger partial charge in [-0.15, -0.1) is 0 Å². The number of amides is 1. The second kappa shape index (κ2) is 8.29. The molecule has 0 radical (unpaired) electrons. The van der Waals surface area contributed by atoms with Crippen LogP contribution in [0.25, 0.3) is 0 Å². The van der Waals surface area contributed by atoms with Crippen molar-refractivity contribution in [1.82, 2.24) is 5.32 Å². The Hall–Kier alpha value is -2.40. The fraction of sp³-hybridized carbons (Fsp3) is 0.278. The minimum atomic E-state index is -0.798. The number of hydrogen-bond donors (Lipinski definition) is 2. The van der Waals surface area contributed by atoms with Gasteiger partial charge in [-0.2, -0.15) is 0 Å². The molecule has 5 heteroatoms. The van der Waals surface area contributed by atoms with Crippen molar-refractivity contribution >= 4 is 5.91 Å². The van der Waals surface area contributed by atoms with Crippen LogP contribution >= 0.6 is 0 Å². The first-order chi connectivity index (χ1) is 11.0. The average molecular weight is 317 g/mol. The zero-order valence-electron chi connectivity index (χ0n) is 13.0. The largest absolute Gasteiger partial charge is 0.491 e. The molecule has 2 aromatic carbocycles. The maximum absolute atomic E-state index is 12.8. The lowest BCUT2D eigenvalue weighted by Gasteiger charge is -2.13. The van der Waals surface area contributed by atoms with Crippen molar-refractivity contribution in [3.63, 3.8) is 0 Å². The molecular weight excluding hydrogens is 297 g/mol. The first kappa shape index (κ1) is 17.0. The highest BCUT2D eigenvalue weighted by Gasteiger charge is 2.09. The van der Waals surface area contributed by atoms with Crippen LogP contribution in [0.4, 0.5) is 4.39 Å². The molecule has 0 saturated heterocycles. The van der Waals surface area contributed by atoms with Crippen molar-refractivity contribution in [2.75, 3.05) is 13.2 Å². The Balaban J connectivity index is 1.70.